The van der Waals surface area contributed by atoms with Gasteiger partial charge in [0.15, 0.2) is 0 Å². The van der Waals surface area contributed by atoms with Gasteiger partial charge in [-0.3, -0.25) is 9.59 Å². The molecule has 1 aliphatic heterocycles. The standard InChI is InChI=1S/C14H28N4O2/c1-9(2)13(15)14(20)16-6-12(19)18-7-10(3)11(8-18)17(4)5/h9-11,13H,6-8,15H2,1-5H3,(H,16,20)/t10?,11?,13-/m0/s1. The summed E-state index contributed by atoms with van der Waals surface area (Å²) in [6.45, 7) is 7.41. The first-order valence-electron chi connectivity index (χ1n) is 7.21. The summed E-state index contributed by atoms with van der Waals surface area (Å²) in [7, 11) is 4.05. The largest absolute Gasteiger partial charge is 0.346 e. The zero-order valence-corrected chi connectivity index (χ0v) is 13.2. The van der Waals surface area contributed by atoms with Crippen molar-refractivity contribution < 1.29 is 9.59 Å². The minimum atomic E-state index is -0.560. The van der Waals surface area contributed by atoms with E-state index in [0.29, 0.717) is 12.0 Å². The maximum Gasteiger partial charge on any atom is 0.242 e. The minimum absolute atomic E-state index is 0.0339. The third-order valence-corrected chi connectivity index (χ3v) is 4.02. The lowest BCUT2D eigenvalue weighted by atomic mass is 10.1. The number of carbonyl (C=O) groups excluding carboxylic acids is 2. The van der Waals surface area contributed by atoms with E-state index in [-0.39, 0.29) is 24.3 Å². The number of nitrogens with two attached hydrogens (primary N) is 1. The van der Waals surface area contributed by atoms with E-state index in [9.17, 15) is 9.59 Å². The van der Waals surface area contributed by atoms with Crippen molar-refractivity contribution in [3.63, 3.8) is 0 Å². The summed E-state index contributed by atoms with van der Waals surface area (Å²) in [6.07, 6.45) is 0. The molecular weight excluding hydrogens is 256 g/mol. The predicted octanol–water partition coefficient (Wildman–Crippen LogP) is -0.506. The Kier molecular flexibility index (Phi) is 5.95. The Bertz CT molecular complexity index is 357. The number of hydrogen-bond donors (Lipinski definition) is 2. The predicted molar refractivity (Wildman–Crippen MR) is 79.0 cm³/mol. The zero-order valence-electron chi connectivity index (χ0n) is 13.2. The van der Waals surface area contributed by atoms with Crippen molar-refractivity contribution in [2.75, 3.05) is 33.7 Å². The van der Waals surface area contributed by atoms with Crippen molar-refractivity contribution >= 4 is 11.8 Å². The molecule has 1 saturated heterocycles. The Morgan fingerprint density at radius 3 is 2.40 bits per heavy atom. The van der Waals surface area contributed by atoms with Crippen LogP contribution in [0.2, 0.25) is 0 Å². The molecule has 3 N–H and O–H groups in total. The van der Waals surface area contributed by atoms with Gasteiger partial charge >= 0.3 is 0 Å². The van der Waals surface area contributed by atoms with Crippen LogP contribution in [0.15, 0.2) is 0 Å². The fourth-order valence-electron chi connectivity index (χ4n) is 2.52. The van der Waals surface area contributed by atoms with Gasteiger partial charge in [-0.25, -0.2) is 0 Å². The summed E-state index contributed by atoms with van der Waals surface area (Å²) < 4.78 is 0. The Labute approximate surface area is 121 Å². The molecule has 116 valence electrons. The highest BCUT2D eigenvalue weighted by Gasteiger charge is 2.33. The van der Waals surface area contributed by atoms with Gasteiger partial charge in [0.1, 0.15) is 0 Å². The van der Waals surface area contributed by atoms with Crippen LogP contribution in [0.4, 0.5) is 0 Å². The molecule has 0 saturated carbocycles. The highest BCUT2D eigenvalue weighted by Crippen LogP contribution is 2.19. The van der Waals surface area contributed by atoms with Gasteiger partial charge in [0.25, 0.3) is 0 Å². The van der Waals surface area contributed by atoms with Crippen molar-refractivity contribution in [2.24, 2.45) is 17.6 Å². The van der Waals surface area contributed by atoms with E-state index in [1.807, 2.05) is 32.8 Å². The molecule has 0 bridgehead atoms. The van der Waals surface area contributed by atoms with Crippen LogP contribution in [0.25, 0.3) is 0 Å². The fraction of sp³-hybridized carbons (Fsp3) is 0.857. The van der Waals surface area contributed by atoms with Crippen LogP contribution in [-0.4, -0.2) is 67.4 Å². The SMILES string of the molecule is CC1CN(C(=O)CNC(=O)[C@@H](N)C(C)C)CC1N(C)C. The Morgan fingerprint density at radius 2 is 1.95 bits per heavy atom. The van der Waals surface area contributed by atoms with E-state index in [1.54, 1.807) is 0 Å². The van der Waals surface area contributed by atoms with Gasteiger partial charge in [-0.05, 0) is 25.9 Å². The third-order valence-electron chi connectivity index (χ3n) is 4.02. The molecule has 20 heavy (non-hydrogen) atoms. The van der Waals surface area contributed by atoms with Crippen LogP contribution >= 0.6 is 0 Å². The van der Waals surface area contributed by atoms with E-state index in [4.69, 9.17) is 5.73 Å². The maximum absolute atomic E-state index is 12.1. The first-order chi connectivity index (χ1) is 9.23. The zero-order chi connectivity index (χ0) is 15.4. The van der Waals surface area contributed by atoms with Gasteiger partial charge in [0, 0.05) is 19.1 Å². The summed E-state index contributed by atoms with van der Waals surface area (Å²) in [6, 6.07) is -0.178. The van der Waals surface area contributed by atoms with Crippen molar-refractivity contribution in [3.05, 3.63) is 0 Å². The molecule has 0 spiro atoms. The normalized spacial score (nSPS) is 24.3. The number of amides is 2. The number of carbonyl (C=O) groups is 2. The van der Waals surface area contributed by atoms with Crippen LogP contribution in [0, 0.1) is 11.8 Å². The first-order valence-corrected chi connectivity index (χ1v) is 7.21. The summed E-state index contributed by atoms with van der Waals surface area (Å²) in [5.41, 5.74) is 5.74. The number of nitrogens with zero attached hydrogens (tertiary/aromatic N) is 2. The summed E-state index contributed by atoms with van der Waals surface area (Å²) in [5, 5.41) is 2.63. The van der Waals surface area contributed by atoms with Crippen molar-refractivity contribution in [1.82, 2.24) is 15.1 Å². The molecule has 1 fully saturated rings. The molecule has 0 aromatic heterocycles. The first kappa shape index (κ1) is 16.9. The molecule has 0 aliphatic carbocycles. The number of nitrogens with one attached hydrogen (secondary N) is 1. The molecular formula is C14H28N4O2. The average molecular weight is 284 g/mol. The molecule has 1 heterocycles. The Hall–Kier alpha value is -1.14. The lowest BCUT2D eigenvalue weighted by molar-refractivity contribution is -0.132. The van der Waals surface area contributed by atoms with Gasteiger partial charge < -0.3 is 20.9 Å². The van der Waals surface area contributed by atoms with E-state index >= 15 is 0 Å². The second kappa shape index (κ2) is 7.04. The smallest absolute Gasteiger partial charge is 0.242 e. The monoisotopic (exact) mass is 284 g/mol. The van der Waals surface area contributed by atoms with Crippen LogP contribution in [0.1, 0.15) is 20.8 Å². The maximum atomic E-state index is 12.1. The second-order valence-corrected chi connectivity index (χ2v) is 6.29. The molecule has 1 rings (SSSR count). The molecule has 0 aromatic rings. The van der Waals surface area contributed by atoms with Gasteiger partial charge in [0.05, 0.1) is 12.6 Å². The number of likely N-dealkylation sites (N-methyl/N-ethyl adjacent to an activating group) is 1. The van der Waals surface area contributed by atoms with Gasteiger partial charge in [0.2, 0.25) is 11.8 Å². The molecule has 0 aromatic carbocycles. The van der Waals surface area contributed by atoms with Crippen LogP contribution in [-0.2, 0) is 9.59 Å². The molecule has 0 radical (unpaired) electrons. The van der Waals surface area contributed by atoms with Crippen molar-refractivity contribution in [2.45, 2.75) is 32.9 Å². The summed E-state index contributed by atoms with van der Waals surface area (Å²) >= 11 is 0. The topological polar surface area (TPSA) is 78.7 Å². The van der Waals surface area contributed by atoms with Crippen molar-refractivity contribution in [1.29, 1.82) is 0 Å². The van der Waals surface area contributed by atoms with Crippen molar-refractivity contribution in [3.8, 4) is 0 Å². The summed E-state index contributed by atoms with van der Waals surface area (Å²) in [5.74, 6) is 0.216. The second-order valence-electron chi connectivity index (χ2n) is 6.29. The van der Waals surface area contributed by atoms with E-state index in [1.165, 1.54) is 0 Å². The lowest BCUT2D eigenvalue weighted by Gasteiger charge is -2.22. The lowest BCUT2D eigenvalue weighted by Crippen LogP contribution is -2.47. The number of rotatable bonds is 5. The summed E-state index contributed by atoms with van der Waals surface area (Å²) in [4.78, 5) is 27.8. The van der Waals surface area contributed by atoms with Crippen LogP contribution in [0.5, 0.6) is 0 Å². The van der Waals surface area contributed by atoms with Gasteiger partial charge in [-0.1, -0.05) is 20.8 Å². The minimum Gasteiger partial charge on any atom is -0.346 e. The molecule has 3 atom stereocenters. The molecule has 1 aliphatic rings. The molecule has 2 amide bonds. The van der Waals surface area contributed by atoms with Crippen LogP contribution in [0.3, 0.4) is 0 Å². The third kappa shape index (κ3) is 4.18. The highest BCUT2D eigenvalue weighted by molar-refractivity contribution is 5.87. The van der Waals surface area contributed by atoms with E-state index in [2.05, 4.69) is 17.1 Å². The average Bonchev–Trinajstić information content (AvgIpc) is 2.76. The highest BCUT2D eigenvalue weighted by atomic mass is 16.2. The van der Waals surface area contributed by atoms with Gasteiger partial charge in [-0.15, -0.1) is 0 Å². The molecule has 6 nitrogen and oxygen atoms in total. The number of likely N-dealkylation sites (tertiary alicyclic amines) is 1. The van der Waals surface area contributed by atoms with Gasteiger partial charge in [-0.2, -0.15) is 0 Å². The Balaban J connectivity index is 2.43. The molecule has 6 heteroatoms. The van der Waals surface area contributed by atoms with E-state index < -0.39 is 6.04 Å². The fourth-order valence-corrected chi connectivity index (χ4v) is 2.52. The quantitative estimate of drug-likeness (QED) is 0.713. The number of hydrogen-bond acceptors (Lipinski definition) is 4. The Morgan fingerprint density at radius 1 is 1.35 bits per heavy atom. The van der Waals surface area contributed by atoms with Crippen LogP contribution < -0.4 is 11.1 Å². The molecule has 2 unspecified atom stereocenters. The van der Waals surface area contributed by atoms with E-state index in [0.717, 1.165) is 13.1 Å².